The third-order valence-electron chi connectivity index (χ3n) is 3.10. The first-order chi connectivity index (χ1) is 9.13. The van der Waals surface area contributed by atoms with Crippen LogP contribution in [0.1, 0.15) is 38.7 Å². The summed E-state index contributed by atoms with van der Waals surface area (Å²) >= 11 is 0. The highest BCUT2D eigenvalue weighted by atomic mass is 19.1. The van der Waals surface area contributed by atoms with Gasteiger partial charge in [0.25, 0.3) is 0 Å². The van der Waals surface area contributed by atoms with Crippen LogP contribution in [0.3, 0.4) is 0 Å². The molecular formula is C16H26FNO. The monoisotopic (exact) mass is 267 g/mol. The van der Waals surface area contributed by atoms with Gasteiger partial charge in [0.2, 0.25) is 0 Å². The molecule has 0 aromatic heterocycles. The van der Waals surface area contributed by atoms with Crippen molar-refractivity contribution in [2.75, 3.05) is 26.3 Å². The molecule has 0 spiro atoms. The summed E-state index contributed by atoms with van der Waals surface area (Å²) in [6, 6.07) is 6.82. The number of nitrogens with one attached hydrogen (secondary N) is 1. The van der Waals surface area contributed by atoms with Gasteiger partial charge in [-0.15, -0.1) is 0 Å². The SMILES string of the molecule is CCOCCC(CNCC(C)C)c1ccc(F)cc1. The predicted molar refractivity (Wildman–Crippen MR) is 78.0 cm³/mol. The second-order valence-corrected chi connectivity index (χ2v) is 5.29. The lowest BCUT2D eigenvalue weighted by molar-refractivity contribution is 0.139. The highest BCUT2D eigenvalue weighted by Gasteiger charge is 2.11. The fourth-order valence-electron chi connectivity index (χ4n) is 2.04. The van der Waals surface area contributed by atoms with E-state index in [-0.39, 0.29) is 5.82 Å². The Balaban J connectivity index is 2.54. The second kappa shape index (κ2) is 9.05. The molecule has 1 rings (SSSR count). The van der Waals surface area contributed by atoms with Crippen LogP contribution >= 0.6 is 0 Å². The Morgan fingerprint density at radius 3 is 2.42 bits per heavy atom. The van der Waals surface area contributed by atoms with Gasteiger partial charge in [-0.05, 0) is 49.4 Å². The van der Waals surface area contributed by atoms with Gasteiger partial charge in [0, 0.05) is 19.8 Å². The third kappa shape index (κ3) is 6.69. The van der Waals surface area contributed by atoms with E-state index in [1.54, 1.807) is 0 Å². The van der Waals surface area contributed by atoms with E-state index in [9.17, 15) is 4.39 Å². The summed E-state index contributed by atoms with van der Waals surface area (Å²) < 4.78 is 18.4. The van der Waals surface area contributed by atoms with Crippen LogP contribution in [-0.2, 0) is 4.74 Å². The number of rotatable bonds is 9. The zero-order valence-corrected chi connectivity index (χ0v) is 12.3. The van der Waals surface area contributed by atoms with E-state index in [1.165, 1.54) is 17.7 Å². The highest BCUT2D eigenvalue weighted by Crippen LogP contribution is 2.19. The topological polar surface area (TPSA) is 21.3 Å². The molecule has 0 aliphatic heterocycles. The predicted octanol–water partition coefficient (Wildman–Crippen LogP) is 3.58. The number of benzene rings is 1. The van der Waals surface area contributed by atoms with Gasteiger partial charge in [-0.1, -0.05) is 26.0 Å². The summed E-state index contributed by atoms with van der Waals surface area (Å²) in [6.45, 7) is 9.81. The average Bonchev–Trinajstić information content (AvgIpc) is 2.38. The van der Waals surface area contributed by atoms with E-state index in [0.29, 0.717) is 11.8 Å². The molecule has 19 heavy (non-hydrogen) atoms. The van der Waals surface area contributed by atoms with Crippen molar-refractivity contribution in [3.63, 3.8) is 0 Å². The van der Waals surface area contributed by atoms with E-state index >= 15 is 0 Å². The minimum atomic E-state index is -0.178. The largest absolute Gasteiger partial charge is 0.382 e. The first-order valence-electron chi connectivity index (χ1n) is 7.17. The number of hydrogen-bond acceptors (Lipinski definition) is 2. The Morgan fingerprint density at radius 1 is 1.16 bits per heavy atom. The molecule has 2 nitrogen and oxygen atoms in total. The summed E-state index contributed by atoms with van der Waals surface area (Å²) in [6.07, 6.45) is 0.963. The van der Waals surface area contributed by atoms with Crippen LogP contribution in [0.15, 0.2) is 24.3 Å². The quantitative estimate of drug-likeness (QED) is 0.690. The first kappa shape index (κ1) is 16.1. The molecule has 1 aromatic rings. The van der Waals surface area contributed by atoms with Crippen LogP contribution in [0.2, 0.25) is 0 Å². The lowest BCUT2D eigenvalue weighted by Crippen LogP contribution is -2.26. The van der Waals surface area contributed by atoms with Crippen LogP contribution in [0, 0.1) is 11.7 Å². The third-order valence-corrected chi connectivity index (χ3v) is 3.10. The first-order valence-corrected chi connectivity index (χ1v) is 7.17. The number of ether oxygens (including phenoxy) is 1. The Labute approximate surface area is 116 Å². The maximum Gasteiger partial charge on any atom is 0.123 e. The summed E-state index contributed by atoms with van der Waals surface area (Å²) in [5, 5.41) is 3.48. The van der Waals surface area contributed by atoms with Crippen molar-refractivity contribution in [2.24, 2.45) is 5.92 Å². The zero-order chi connectivity index (χ0) is 14.1. The molecule has 1 atom stereocenters. The fourth-order valence-corrected chi connectivity index (χ4v) is 2.04. The maximum absolute atomic E-state index is 13.0. The molecule has 0 heterocycles. The molecule has 0 radical (unpaired) electrons. The van der Waals surface area contributed by atoms with Crippen molar-refractivity contribution < 1.29 is 9.13 Å². The van der Waals surface area contributed by atoms with Crippen LogP contribution in [0.4, 0.5) is 4.39 Å². The molecule has 0 aliphatic rings. The van der Waals surface area contributed by atoms with Crippen LogP contribution < -0.4 is 5.32 Å². The molecule has 3 heteroatoms. The maximum atomic E-state index is 13.0. The van der Waals surface area contributed by atoms with Gasteiger partial charge >= 0.3 is 0 Å². The van der Waals surface area contributed by atoms with E-state index < -0.39 is 0 Å². The highest BCUT2D eigenvalue weighted by molar-refractivity contribution is 5.20. The van der Waals surface area contributed by atoms with E-state index in [0.717, 1.165) is 32.7 Å². The van der Waals surface area contributed by atoms with Crippen molar-refractivity contribution in [1.29, 1.82) is 0 Å². The normalized spacial score (nSPS) is 12.9. The zero-order valence-electron chi connectivity index (χ0n) is 12.3. The average molecular weight is 267 g/mol. The summed E-state index contributed by atoms with van der Waals surface area (Å²) in [4.78, 5) is 0. The molecule has 108 valence electrons. The van der Waals surface area contributed by atoms with Gasteiger partial charge in [-0.2, -0.15) is 0 Å². The van der Waals surface area contributed by atoms with E-state index in [4.69, 9.17) is 4.74 Å². The van der Waals surface area contributed by atoms with Crippen LogP contribution in [0.5, 0.6) is 0 Å². The minimum absolute atomic E-state index is 0.178. The standard InChI is InChI=1S/C16H26FNO/c1-4-19-10-9-15(12-18-11-13(2)3)14-5-7-16(17)8-6-14/h5-8,13,15,18H,4,9-12H2,1-3H3. The number of hydrogen-bond donors (Lipinski definition) is 1. The lowest BCUT2D eigenvalue weighted by Gasteiger charge is -2.19. The smallest absolute Gasteiger partial charge is 0.123 e. The minimum Gasteiger partial charge on any atom is -0.382 e. The molecule has 1 aromatic carbocycles. The molecule has 0 fully saturated rings. The van der Waals surface area contributed by atoms with Crippen molar-refractivity contribution in [1.82, 2.24) is 5.32 Å². The molecular weight excluding hydrogens is 241 g/mol. The van der Waals surface area contributed by atoms with Gasteiger partial charge in [0.15, 0.2) is 0 Å². The summed E-state index contributed by atoms with van der Waals surface area (Å²) in [5.74, 6) is 0.842. The van der Waals surface area contributed by atoms with Crippen molar-refractivity contribution in [3.05, 3.63) is 35.6 Å². The molecule has 1 N–H and O–H groups in total. The molecule has 0 bridgehead atoms. The van der Waals surface area contributed by atoms with Gasteiger partial charge < -0.3 is 10.1 Å². The molecule has 1 unspecified atom stereocenters. The Hall–Kier alpha value is -0.930. The summed E-state index contributed by atoms with van der Waals surface area (Å²) in [5.41, 5.74) is 1.18. The van der Waals surface area contributed by atoms with E-state index in [2.05, 4.69) is 19.2 Å². The number of halogens is 1. The van der Waals surface area contributed by atoms with Gasteiger partial charge in [0.05, 0.1) is 0 Å². The van der Waals surface area contributed by atoms with Crippen molar-refractivity contribution >= 4 is 0 Å². The Morgan fingerprint density at radius 2 is 1.84 bits per heavy atom. The lowest BCUT2D eigenvalue weighted by atomic mass is 9.95. The molecule has 0 saturated carbocycles. The van der Waals surface area contributed by atoms with E-state index in [1.807, 2.05) is 19.1 Å². The van der Waals surface area contributed by atoms with Gasteiger partial charge in [0.1, 0.15) is 5.82 Å². The van der Waals surface area contributed by atoms with Crippen LogP contribution in [-0.4, -0.2) is 26.3 Å². The van der Waals surface area contributed by atoms with Crippen molar-refractivity contribution in [3.8, 4) is 0 Å². The Bertz CT molecular complexity index is 337. The van der Waals surface area contributed by atoms with Crippen LogP contribution in [0.25, 0.3) is 0 Å². The molecule has 0 amide bonds. The van der Waals surface area contributed by atoms with Gasteiger partial charge in [-0.25, -0.2) is 4.39 Å². The fraction of sp³-hybridized carbons (Fsp3) is 0.625. The summed E-state index contributed by atoms with van der Waals surface area (Å²) in [7, 11) is 0. The molecule has 0 saturated heterocycles. The van der Waals surface area contributed by atoms with Gasteiger partial charge in [-0.3, -0.25) is 0 Å². The van der Waals surface area contributed by atoms with Crippen molar-refractivity contribution in [2.45, 2.75) is 33.1 Å². The molecule has 0 aliphatic carbocycles. The second-order valence-electron chi connectivity index (χ2n) is 5.29. The Kier molecular flexibility index (Phi) is 7.68.